The molecule has 3 heterocycles. The Balaban J connectivity index is 1.51. The number of amides is 2. The predicted molar refractivity (Wildman–Crippen MR) is 94.3 cm³/mol. The molecule has 2 N–H and O–H groups in total. The highest BCUT2D eigenvalue weighted by Gasteiger charge is 2.24. The van der Waals surface area contributed by atoms with E-state index in [1.165, 1.54) is 12.1 Å². The maximum atomic E-state index is 12.5. The number of nitrogens with one attached hydrogen (secondary N) is 2. The highest BCUT2D eigenvalue weighted by atomic mass is 35.5. The zero-order chi connectivity index (χ0) is 18.7. The third-order valence-corrected chi connectivity index (χ3v) is 4.18. The molecule has 3 rings (SSSR count). The Bertz CT molecular complexity index is 870. The fraction of sp³-hybridized carbons (Fsp3) is 0.375. The van der Waals surface area contributed by atoms with Gasteiger partial charge in [0.25, 0.3) is 5.91 Å². The molecule has 0 aliphatic carbocycles. The van der Waals surface area contributed by atoms with Crippen LogP contribution in [0.4, 0.5) is 5.82 Å². The van der Waals surface area contributed by atoms with Crippen LogP contribution < -0.4 is 10.9 Å². The largest absolute Gasteiger partial charge is 0.360 e. The number of aryl methyl sites for hydroxylation is 1. The van der Waals surface area contributed by atoms with Crippen LogP contribution in [0.3, 0.4) is 0 Å². The van der Waals surface area contributed by atoms with Gasteiger partial charge in [-0.15, -0.1) is 0 Å². The number of piperazine rings is 1. The molecule has 1 aliphatic heterocycles. The fourth-order valence-corrected chi connectivity index (χ4v) is 2.95. The minimum atomic E-state index is -0.417. The topological polar surface area (TPSA) is 112 Å². The quantitative estimate of drug-likeness (QED) is 0.757. The molecular formula is C16H18ClN5O4. The molecule has 2 aromatic heterocycles. The number of anilines is 1. The molecule has 0 aromatic carbocycles. The number of pyridine rings is 1. The second-order valence-corrected chi connectivity index (χ2v) is 6.43. The number of hydrogen-bond acceptors (Lipinski definition) is 6. The van der Waals surface area contributed by atoms with Gasteiger partial charge in [0.2, 0.25) is 11.5 Å². The zero-order valence-electron chi connectivity index (χ0n) is 14.1. The standard InChI is InChI=1S/C16H18ClN5O4/c1-10-6-13(20-26-10)19-15(24)9-21-2-4-22(5-3-21)16(25)11-7-12(17)18-14(23)8-11/h6-8H,2-5,9H2,1H3,(H,18,23)(H,19,20,24). The molecule has 2 aromatic rings. The average molecular weight is 380 g/mol. The molecule has 1 saturated heterocycles. The highest BCUT2D eigenvalue weighted by molar-refractivity contribution is 6.29. The Morgan fingerprint density at radius 1 is 1.27 bits per heavy atom. The van der Waals surface area contributed by atoms with E-state index in [1.54, 1.807) is 17.9 Å². The van der Waals surface area contributed by atoms with E-state index in [4.69, 9.17) is 16.1 Å². The summed E-state index contributed by atoms with van der Waals surface area (Å²) in [5.41, 5.74) is -0.161. The van der Waals surface area contributed by atoms with Crippen LogP contribution in [0.25, 0.3) is 0 Å². The summed E-state index contributed by atoms with van der Waals surface area (Å²) in [4.78, 5) is 41.9. The predicted octanol–water partition coefficient (Wildman–Crippen LogP) is 0.721. The first-order valence-corrected chi connectivity index (χ1v) is 8.43. The molecule has 26 heavy (non-hydrogen) atoms. The van der Waals surface area contributed by atoms with Crippen LogP contribution in [0, 0.1) is 6.92 Å². The van der Waals surface area contributed by atoms with Crippen molar-refractivity contribution in [3.8, 4) is 0 Å². The van der Waals surface area contributed by atoms with Gasteiger partial charge in [-0.3, -0.25) is 19.3 Å². The van der Waals surface area contributed by atoms with E-state index in [0.29, 0.717) is 37.8 Å². The van der Waals surface area contributed by atoms with Crippen LogP contribution in [0.2, 0.25) is 5.15 Å². The normalized spacial score (nSPS) is 15.1. The molecule has 0 bridgehead atoms. The summed E-state index contributed by atoms with van der Waals surface area (Å²) in [7, 11) is 0. The smallest absolute Gasteiger partial charge is 0.254 e. The van der Waals surface area contributed by atoms with Gasteiger partial charge in [0.05, 0.1) is 6.54 Å². The van der Waals surface area contributed by atoms with Crippen LogP contribution in [-0.4, -0.2) is 64.5 Å². The Kier molecular flexibility index (Phi) is 5.38. The van der Waals surface area contributed by atoms with Gasteiger partial charge in [-0.2, -0.15) is 0 Å². The minimum absolute atomic E-state index is 0.124. The number of H-pyrrole nitrogens is 1. The molecular weight excluding hydrogens is 362 g/mol. The van der Waals surface area contributed by atoms with Gasteiger partial charge in [-0.25, -0.2) is 0 Å². The van der Waals surface area contributed by atoms with Crippen LogP contribution in [0.1, 0.15) is 16.1 Å². The summed E-state index contributed by atoms with van der Waals surface area (Å²) < 4.78 is 4.90. The second-order valence-electron chi connectivity index (χ2n) is 6.02. The maximum absolute atomic E-state index is 12.5. The molecule has 9 nitrogen and oxygen atoms in total. The second kappa shape index (κ2) is 7.71. The summed E-state index contributed by atoms with van der Waals surface area (Å²) in [5, 5.41) is 6.50. The summed E-state index contributed by atoms with van der Waals surface area (Å²) in [6.07, 6.45) is 0. The molecule has 0 atom stereocenters. The van der Waals surface area contributed by atoms with Gasteiger partial charge < -0.3 is 19.7 Å². The number of halogens is 1. The third kappa shape index (κ3) is 4.50. The Morgan fingerprint density at radius 2 is 2.00 bits per heavy atom. The van der Waals surface area contributed by atoms with Gasteiger partial charge in [-0.05, 0) is 13.0 Å². The average Bonchev–Trinajstić information content (AvgIpc) is 2.98. The number of hydrogen-bond donors (Lipinski definition) is 2. The van der Waals surface area contributed by atoms with Crippen molar-refractivity contribution in [2.24, 2.45) is 0 Å². The van der Waals surface area contributed by atoms with Crippen LogP contribution in [0.15, 0.2) is 27.5 Å². The van der Waals surface area contributed by atoms with Gasteiger partial charge >= 0.3 is 0 Å². The van der Waals surface area contributed by atoms with E-state index in [0.717, 1.165) is 0 Å². The van der Waals surface area contributed by atoms with Crippen molar-refractivity contribution in [3.63, 3.8) is 0 Å². The van der Waals surface area contributed by atoms with Crippen LogP contribution in [-0.2, 0) is 4.79 Å². The number of nitrogens with zero attached hydrogens (tertiary/aromatic N) is 3. The van der Waals surface area contributed by atoms with Gasteiger partial charge in [-0.1, -0.05) is 16.8 Å². The third-order valence-electron chi connectivity index (χ3n) is 3.98. The first kappa shape index (κ1) is 18.2. The molecule has 1 aliphatic rings. The van der Waals surface area contributed by atoms with Crippen molar-refractivity contribution in [3.05, 3.63) is 45.0 Å². The molecule has 0 spiro atoms. The molecule has 0 unspecified atom stereocenters. The lowest BCUT2D eigenvalue weighted by atomic mass is 10.2. The Labute approximate surface area is 153 Å². The van der Waals surface area contributed by atoms with E-state index in [1.807, 2.05) is 4.90 Å². The lowest BCUT2D eigenvalue weighted by Gasteiger charge is -2.34. The minimum Gasteiger partial charge on any atom is -0.360 e. The van der Waals surface area contributed by atoms with Crippen molar-refractivity contribution in [1.82, 2.24) is 19.9 Å². The molecule has 138 valence electrons. The summed E-state index contributed by atoms with van der Waals surface area (Å²) >= 11 is 5.79. The zero-order valence-corrected chi connectivity index (χ0v) is 14.9. The summed E-state index contributed by atoms with van der Waals surface area (Å²) in [5.74, 6) is 0.555. The SMILES string of the molecule is Cc1cc(NC(=O)CN2CCN(C(=O)c3cc(Cl)[nH]c(=O)c3)CC2)no1. The first-order chi connectivity index (χ1) is 12.4. The summed E-state index contributed by atoms with van der Waals surface area (Å²) in [6, 6.07) is 4.31. The van der Waals surface area contributed by atoms with Gasteiger partial charge in [0.15, 0.2) is 5.82 Å². The van der Waals surface area contributed by atoms with E-state index in [9.17, 15) is 14.4 Å². The molecule has 0 radical (unpaired) electrons. The number of carbonyl (C=O) groups is 2. The molecule has 0 saturated carbocycles. The number of aromatic nitrogens is 2. The van der Waals surface area contributed by atoms with E-state index in [-0.39, 0.29) is 29.1 Å². The van der Waals surface area contributed by atoms with Crippen LogP contribution >= 0.6 is 11.6 Å². The highest BCUT2D eigenvalue weighted by Crippen LogP contribution is 2.11. The van der Waals surface area contributed by atoms with Crippen molar-refractivity contribution in [1.29, 1.82) is 0 Å². The van der Waals surface area contributed by atoms with Crippen molar-refractivity contribution in [2.45, 2.75) is 6.92 Å². The van der Waals surface area contributed by atoms with Gasteiger partial charge in [0.1, 0.15) is 10.9 Å². The van der Waals surface area contributed by atoms with E-state index >= 15 is 0 Å². The van der Waals surface area contributed by atoms with E-state index in [2.05, 4.69) is 15.5 Å². The number of rotatable bonds is 4. The lowest BCUT2D eigenvalue weighted by molar-refractivity contribution is -0.117. The van der Waals surface area contributed by atoms with Crippen molar-refractivity contribution < 1.29 is 14.1 Å². The number of carbonyl (C=O) groups excluding carboxylic acids is 2. The fourth-order valence-electron chi connectivity index (χ4n) is 2.74. The Hall–Kier alpha value is -2.65. The van der Waals surface area contributed by atoms with Crippen LogP contribution in [0.5, 0.6) is 0 Å². The molecule has 10 heteroatoms. The lowest BCUT2D eigenvalue weighted by Crippen LogP contribution is -2.50. The molecule has 1 fully saturated rings. The monoisotopic (exact) mass is 379 g/mol. The van der Waals surface area contributed by atoms with Gasteiger partial charge in [0, 0.05) is 43.9 Å². The maximum Gasteiger partial charge on any atom is 0.254 e. The van der Waals surface area contributed by atoms with E-state index < -0.39 is 5.56 Å². The number of aromatic amines is 1. The van der Waals surface area contributed by atoms with Crippen molar-refractivity contribution in [2.75, 3.05) is 38.0 Å². The molecule has 2 amide bonds. The summed E-state index contributed by atoms with van der Waals surface area (Å²) in [6.45, 7) is 3.96. The first-order valence-electron chi connectivity index (χ1n) is 8.05. The van der Waals surface area contributed by atoms with Crippen molar-refractivity contribution >= 4 is 29.2 Å². The Morgan fingerprint density at radius 3 is 2.62 bits per heavy atom.